The Morgan fingerprint density at radius 2 is 1.53 bits per heavy atom. The first-order valence-electron chi connectivity index (χ1n) is 12.5. The molecule has 1 unspecified atom stereocenters. The first kappa shape index (κ1) is 22.6. The van der Waals surface area contributed by atoms with Gasteiger partial charge in [0.15, 0.2) is 0 Å². The lowest BCUT2D eigenvalue weighted by Crippen LogP contribution is -2.66. The van der Waals surface area contributed by atoms with Crippen LogP contribution in [-0.4, -0.2) is 63.3 Å². The van der Waals surface area contributed by atoms with Gasteiger partial charge in [0.1, 0.15) is 12.6 Å². The van der Waals surface area contributed by atoms with Crippen LogP contribution in [0.5, 0.6) is 0 Å². The lowest BCUT2D eigenvalue weighted by molar-refractivity contribution is -0.160. The summed E-state index contributed by atoms with van der Waals surface area (Å²) in [5.41, 5.74) is 5.77. The Balaban J connectivity index is 1.15. The summed E-state index contributed by atoms with van der Waals surface area (Å²) in [6.07, 6.45) is 0. The molecule has 2 fully saturated rings. The topological polar surface area (TPSA) is 48.8 Å². The van der Waals surface area contributed by atoms with Crippen LogP contribution in [-0.2, 0) is 29.7 Å². The quantitative estimate of drug-likeness (QED) is 0.437. The fourth-order valence-electron chi connectivity index (χ4n) is 5.55. The highest BCUT2D eigenvalue weighted by Gasteiger charge is 2.42. The molecule has 4 aromatic rings. The zero-order chi connectivity index (χ0) is 24.6. The van der Waals surface area contributed by atoms with Crippen LogP contribution >= 0.6 is 0 Å². The van der Waals surface area contributed by atoms with E-state index in [1.165, 1.54) is 16.6 Å². The average Bonchev–Trinajstić information content (AvgIpc) is 3.23. The molecule has 0 spiro atoms. The maximum absolute atomic E-state index is 13.5. The maximum Gasteiger partial charge on any atom is 0.247 e. The molecule has 2 saturated heterocycles. The van der Waals surface area contributed by atoms with Crippen molar-refractivity contribution in [2.75, 3.05) is 26.2 Å². The van der Waals surface area contributed by atoms with E-state index in [-0.39, 0.29) is 18.4 Å². The second kappa shape index (κ2) is 9.28. The van der Waals surface area contributed by atoms with Crippen molar-refractivity contribution in [3.05, 3.63) is 96.2 Å². The molecule has 0 radical (unpaired) electrons. The van der Waals surface area contributed by atoms with E-state index in [9.17, 15) is 9.59 Å². The largest absolute Gasteiger partial charge is 0.346 e. The van der Waals surface area contributed by atoms with E-state index in [0.717, 1.165) is 29.8 Å². The Morgan fingerprint density at radius 1 is 0.806 bits per heavy atom. The van der Waals surface area contributed by atoms with Crippen LogP contribution in [0, 0.1) is 0 Å². The third-order valence-corrected chi connectivity index (χ3v) is 7.58. The van der Waals surface area contributed by atoms with Crippen molar-refractivity contribution in [2.24, 2.45) is 7.05 Å². The van der Waals surface area contributed by atoms with Crippen molar-refractivity contribution < 1.29 is 9.59 Å². The van der Waals surface area contributed by atoms with Gasteiger partial charge >= 0.3 is 0 Å². The molecule has 3 heterocycles. The van der Waals surface area contributed by atoms with Crippen LogP contribution in [0.15, 0.2) is 84.9 Å². The van der Waals surface area contributed by atoms with Crippen molar-refractivity contribution >= 4 is 22.7 Å². The minimum Gasteiger partial charge on any atom is -0.346 e. The van der Waals surface area contributed by atoms with Crippen LogP contribution < -0.4 is 0 Å². The third-order valence-electron chi connectivity index (χ3n) is 7.58. The van der Waals surface area contributed by atoms with E-state index in [0.29, 0.717) is 19.6 Å². The van der Waals surface area contributed by atoms with Crippen LogP contribution in [0.25, 0.3) is 22.0 Å². The number of aryl methyl sites for hydroxylation is 1. The molecule has 0 aliphatic carbocycles. The lowest BCUT2D eigenvalue weighted by atomic mass is 10.0. The molecule has 3 aromatic carbocycles. The number of piperazine rings is 2. The summed E-state index contributed by atoms with van der Waals surface area (Å²) in [7, 11) is 2.09. The SMILES string of the molecule is Cn1c(CN2CCN3C(=O)CN(Cc4ccc(-c5ccccc5)cc4)C(=O)C3C2)cc2ccccc21. The van der Waals surface area contributed by atoms with Crippen molar-refractivity contribution in [1.29, 1.82) is 0 Å². The summed E-state index contributed by atoms with van der Waals surface area (Å²) < 4.78 is 2.22. The number of hydrogen-bond acceptors (Lipinski definition) is 3. The molecular weight excluding hydrogens is 448 g/mol. The van der Waals surface area contributed by atoms with Gasteiger partial charge < -0.3 is 14.4 Å². The number of carbonyl (C=O) groups excluding carboxylic acids is 2. The molecule has 1 aromatic heterocycles. The number of benzene rings is 3. The van der Waals surface area contributed by atoms with Crippen LogP contribution in [0.4, 0.5) is 0 Å². The second-order valence-electron chi connectivity index (χ2n) is 9.85. The molecule has 0 bridgehead atoms. The molecule has 2 amide bonds. The van der Waals surface area contributed by atoms with Gasteiger partial charge in [-0.1, -0.05) is 72.8 Å². The molecule has 2 aliphatic rings. The maximum atomic E-state index is 13.5. The predicted molar refractivity (Wildman–Crippen MR) is 141 cm³/mol. The molecule has 36 heavy (non-hydrogen) atoms. The molecule has 6 heteroatoms. The first-order valence-corrected chi connectivity index (χ1v) is 12.5. The fraction of sp³-hybridized carbons (Fsp3) is 0.267. The van der Waals surface area contributed by atoms with E-state index in [2.05, 4.69) is 83.2 Å². The Hall–Kier alpha value is -3.90. The van der Waals surface area contributed by atoms with Crippen LogP contribution in [0.3, 0.4) is 0 Å². The number of para-hydroxylation sites is 1. The number of amides is 2. The van der Waals surface area contributed by atoms with Crippen molar-refractivity contribution in [1.82, 2.24) is 19.3 Å². The number of nitrogens with zero attached hydrogens (tertiary/aromatic N) is 4. The van der Waals surface area contributed by atoms with Crippen molar-refractivity contribution in [3.8, 4) is 11.1 Å². The smallest absolute Gasteiger partial charge is 0.247 e. The average molecular weight is 479 g/mol. The second-order valence-corrected chi connectivity index (χ2v) is 9.85. The van der Waals surface area contributed by atoms with E-state index >= 15 is 0 Å². The van der Waals surface area contributed by atoms with Gasteiger partial charge in [-0.3, -0.25) is 14.5 Å². The summed E-state index contributed by atoms with van der Waals surface area (Å²) in [5, 5.41) is 1.22. The molecule has 1 atom stereocenters. The fourth-order valence-corrected chi connectivity index (χ4v) is 5.55. The van der Waals surface area contributed by atoms with E-state index in [1.54, 1.807) is 9.80 Å². The minimum absolute atomic E-state index is 0.0449. The van der Waals surface area contributed by atoms with Gasteiger partial charge in [0.05, 0.1) is 0 Å². The Bertz CT molecular complexity index is 1410. The third kappa shape index (κ3) is 4.18. The molecule has 0 saturated carbocycles. The summed E-state index contributed by atoms with van der Waals surface area (Å²) >= 11 is 0. The van der Waals surface area contributed by atoms with Crippen LogP contribution in [0.2, 0.25) is 0 Å². The highest BCUT2D eigenvalue weighted by atomic mass is 16.2. The van der Waals surface area contributed by atoms with E-state index in [1.807, 2.05) is 18.2 Å². The van der Waals surface area contributed by atoms with Gasteiger partial charge in [-0.25, -0.2) is 0 Å². The minimum atomic E-state index is -0.418. The zero-order valence-electron chi connectivity index (χ0n) is 20.5. The lowest BCUT2D eigenvalue weighted by Gasteiger charge is -2.46. The summed E-state index contributed by atoms with van der Waals surface area (Å²) in [6, 6.07) is 28.7. The molecule has 182 valence electrons. The van der Waals surface area contributed by atoms with Gasteiger partial charge in [-0.15, -0.1) is 0 Å². The van der Waals surface area contributed by atoms with Crippen molar-refractivity contribution in [3.63, 3.8) is 0 Å². The van der Waals surface area contributed by atoms with Gasteiger partial charge in [-0.05, 0) is 34.2 Å². The van der Waals surface area contributed by atoms with Gasteiger partial charge in [0.25, 0.3) is 0 Å². The summed E-state index contributed by atoms with van der Waals surface area (Å²) in [4.78, 5) is 32.3. The van der Waals surface area contributed by atoms with Gasteiger partial charge in [-0.2, -0.15) is 0 Å². The number of rotatable bonds is 5. The number of carbonyl (C=O) groups is 2. The monoisotopic (exact) mass is 478 g/mol. The summed E-state index contributed by atoms with van der Waals surface area (Å²) in [6.45, 7) is 3.30. The van der Waals surface area contributed by atoms with Gasteiger partial charge in [0, 0.05) is 51.0 Å². The van der Waals surface area contributed by atoms with E-state index in [4.69, 9.17) is 0 Å². The molecule has 2 aliphatic heterocycles. The molecule has 6 nitrogen and oxygen atoms in total. The normalized spacial score (nSPS) is 18.6. The molecule has 0 N–H and O–H groups in total. The Morgan fingerprint density at radius 3 is 2.31 bits per heavy atom. The van der Waals surface area contributed by atoms with Gasteiger partial charge in [0.2, 0.25) is 11.8 Å². The number of aromatic nitrogens is 1. The first-order chi connectivity index (χ1) is 17.6. The summed E-state index contributed by atoms with van der Waals surface area (Å²) in [5.74, 6) is 0.0910. The highest BCUT2D eigenvalue weighted by Crippen LogP contribution is 2.25. The number of hydrogen-bond donors (Lipinski definition) is 0. The predicted octanol–water partition coefficient (Wildman–Crippen LogP) is 3.90. The molecular formula is C30H30N4O2. The van der Waals surface area contributed by atoms with Crippen molar-refractivity contribution in [2.45, 2.75) is 19.1 Å². The highest BCUT2D eigenvalue weighted by molar-refractivity contribution is 5.95. The standard InChI is InChI=1S/C30H30N4O2/c1-31-26(17-25-9-5-6-10-27(25)31)19-32-15-16-34-28(20-32)30(36)33(21-29(34)35)18-22-11-13-24(14-12-22)23-7-3-2-4-8-23/h2-14,17,28H,15-16,18-21H2,1H3. The molecule has 6 rings (SSSR count). The Labute approximate surface area is 211 Å². The number of fused-ring (bicyclic) bond motifs is 2. The van der Waals surface area contributed by atoms with Crippen LogP contribution in [0.1, 0.15) is 11.3 Å². The zero-order valence-corrected chi connectivity index (χ0v) is 20.5. The van der Waals surface area contributed by atoms with E-state index < -0.39 is 6.04 Å². The Kier molecular flexibility index (Phi) is 5.82.